The highest BCUT2D eigenvalue weighted by Crippen LogP contribution is 2.23. The maximum absolute atomic E-state index is 12.4. The van der Waals surface area contributed by atoms with Gasteiger partial charge in [-0.25, -0.2) is 4.79 Å². The summed E-state index contributed by atoms with van der Waals surface area (Å²) in [6, 6.07) is 7.45. The van der Waals surface area contributed by atoms with Crippen LogP contribution in [0.15, 0.2) is 30.5 Å². The zero-order chi connectivity index (χ0) is 16.3. The fourth-order valence-electron chi connectivity index (χ4n) is 2.29. The minimum Gasteiger partial charge on any atom is -0.324 e. The van der Waals surface area contributed by atoms with Crippen molar-refractivity contribution in [3.63, 3.8) is 0 Å². The van der Waals surface area contributed by atoms with E-state index in [9.17, 15) is 9.00 Å². The largest absolute Gasteiger partial charge is 0.324 e. The van der Waals surface area contributed by atoms with E-state index in [0.29, 0.717) is 11.4 Å². The molecule has 1 aromatic carbocycles. The molecular formula is C16H21N3O2S. The number of carbonyl (C=O) groups excluding carboxylic acids is 1. The molecule has 2 atom stereocenters. The van der Waals surface area contributed by atoms with E-state index in [2.05, 4.69) is 10.3 Å². The smallest absolute Gasteiger partial charge is 0.321 e. The van der Waals surface area contributed by atoms with Crippen LogP contribution in [0.4, 0.5) is 10.5 Å². The van der Waals surface area contributed by atoms with Gasteiger partial charge in [0.15, 0.2) is 0 Å². The molecule has 1 N–H and O–H groups in total. The number of aryl methyl sites for hydroxylation is 1. The maximum Gasteiger partial charge on any atom is 0.321 e. The third-order valence-corrected chi connectivity index (χ3v) is 4.50. The van der Waals surface area contributed by atoms with Crippen LogP contribution in [0.2, 0.25) is 0 Å². The number of nitrogens with zero attached hydrogens (tertiary/aromatic N) is 2. The second kappa shape index (κ2) is 6.87. The van der Waals surface area contributed by atoms with Crippen molar-refractivity contribution in [1.82, 2.24) is 9.88 Å². The molecule has 0 aliphatic rings. The molecule has 1 aromatic heterocycles. The van der Waals surface area contributed by atoms with Gasteiger partial charge < -0.3 is 10.2 Å². The third-order valence-electron chi connectivity index (χ3n) is 3.55. The Morgan fingerprint density at radius 2 is 2.18 bits per heavy atom. The predicted octanol–water partition coefficient (Wildman–Crippen LogP) is 2.77. The average molecular weight is 319 g/mol. The Bertz CT molecular complexity index is 718. The molecule has 0 bridgehead atoms. The number of hydrogen-bond donors (Lipinski definition) is 1. The van der Waals surface area contributed by atoms with E-state index in [1.807, 2.05) is 38.1 Å². The number of fused-ring (bicyclic) bond motifs is 1. The molecule has 0 unspecified atom stereocenters. The van der Waals surface area contributed by atoms with Gasteiger partial charge >= 0.3 is 6.03 Å². The van der Waals surface area contributed by atoms with Crippen LogP contribution in [0, 0.1) is 6.92 Å². The molecule has 0 radical (unpaired) electrons. The van der Waals surface area contributed by atoms with Crippen molar-refractivity contribution >= 4 is 33.4 Å². The van der Waals surface area contributed by atoms with E-state index in [-0.39, 0.29) is 12.1 Å². The number of anilines is 1. The van der Waals surface area contributed by atoms with E-state index in [1.165, 1.54) is 0 Å². The SMILES string of the molecule is Cc1cc(NC(=O)N(C)[C@@H](C)C[S@](C)=O)c2ncccc2c1. The fourth-order valence-corrected chi connectivity index (χ4v) is 3.20. The molecule has 6 heteroatoms. The molecule has 5 nitrogen and oxygen atoms in total. The Hall–Kier alpha value is -1.95. The van der Waals surface area contributed by atoms with Crippen molar-refractivity contribution in [3.05, 3.63) is 36.0 Å². The Balaban J connectivity index is 2.23. The van der Waals surface area contributed by atoms with E-state index in [4.69, 9.17) is 0 Å². The second-order valence-corrected chi connectivity index (χ2v) is 7.00. The molecule has 1 heterocycles. The van der Waals surface area contributed by atoms with Crippen molar-refractivity contribution in [3.8, 4) is 0 Å². The number of carbonyl (C=O) groups is 1. The van der Waals surface area contributed by atoms with Gasteiger partial charge in [0.05, 0.1) is 11.2 Å². The van der Waals surface area contributed by atoms with Crippen molar-refractivity contribution in [2.75, 3.05) is 24.4 Å². The number of aromatic nitrogens is 1. The maximum atomic E-state index is 12.4. The molecule has 0 aliphatic carbocycles. The second-order valence-electron chi connectivity index (χ2n) is 5.52. The highest BCUT2D eigenvalue weighted by Gasteiger charge is 2.18. The first-order valence-electron chi connectivity index (χ1n) is 7.07. The van der Waals surface area contributed by atoms with E-state index in [0.717, 1.165) is 16.5 Å². The molecule has 0 saturated carbocycles. The van der Waals surface area contributed by atoms with Gasteiger partial charge in [-0.05, 0) is 37.6 Å². The summed E-state index contributed by atoms with van der Waals surface area (Å²) in [6.07, 6.45) is 3.35. The molecule has 0 fully saturated rings. The molecule has 0 spiro atoms. The van der Waals surface area contributed by atoms with E-state index < -0.39 is 10.8 Å². The molecule has 2 amide bonds. The van der Waals surface area contributed by atoms with Crippen LogP contribution in [0.3, 0.4) is 0 Å². The summed E-state index contributed by atoms with van der Waals surface area (Å²) in [7, 11) is 0.767. The standard InChI is InChI=1S/C16H21N3O2S/c1-11-8-13-6-5-7-17-15(13)14(9-11)18-16(20)19(3)12(2)10-22(4)21/h5-9,12H,10H2,1-4H3,(H,18,20)/t12-,22-/m0/s1. The summed E-state index contributed by atoms with van der Waals surface area (Å²) in [5.41, 5.74) is 2.51. The lowest BCUT2D eigenvalue weighted by Gasteiger charge is -2.24. The fraction of sp³-hybridized carbons (Fsp3) is 0.375. The van der Waals surface area contributed by atoms with Crippen LogP contribution in [0.1, 0.15) is 12.5 Å². The van der Waals surface area contributed by atoms with Crippen molar-refractivity contribution in [2.24, 2.45) is 0 Å². The van der Waals surface area contributed by atoms with Crippen molar-refractivity contribution in [1.29, 1.82) is 0 Å². The molecule has 118 valence electrons. The lowest BCUT2D eigenvalue weighted by molar-refractivity contribution is 0.212. The molecule has 0 saturated heterocycles. The number of nitrogens with one attached hydrogen (secondary N) is 1. The topological polar surface area (TPSA) is 62.3 Å². The first-order valence-corrected chi connectivity index (χ1v) is 8.80. The van der Waals surface area contributed by atoms with E-state index >= 15 is 0 Å². The van der Waals surface area contributed by atoms with Gasteiger partial charge in [-0.15, -0.1) is 0 Å². The van der Waals surface area contributed by atoms with Crippen LogP contribution in [-0.2, 0) is 10.8 Å². The van der Waals surface area contributed by atoms with Gasteiger partial charge in [0, 0.05) is 47.5 Å². The summed E-state index contributed by atoms with van der Waals surface area (Å²) >= 11 is 0. The summed E-state index contributed by atoms with van der Waals surface area (Å²) < 4.78 is 11.3. The summed E-state index contributed by atoms with van der Waals surface area (Å²) in [4.78, 5) is 18.3. The van der Waals surface area contributed by atoms with Gasteiger partial charge in [0.2, 0.25) is 0 Å². The van der Waals surface area contributed by atoms with Crippen LogP contribution >= 0.6 is 0 Å². The Morgan fingerprint density at radius 1 is 1.45 bits per heavy atom. The summed E-state index contributed by atoms with van der Waals surface area (Å²) in [5.74, 6) is 0.455. The van der Waals surface area contributed by atoms with Crippen molar-refractivity contribution < 1.29 is 9.00 Å². The summed E-state index contributed by atoms with van der Waals surface area (Å²) in [5, 5.41) is 3.89. The predicted molar refractivity (Wildman–Crippen MR) is 91.7 cm³/mol. The first kappa shape index (κ1) is 16.4. The Kier molecular flexibility index (Phi) is 5.13. The number of rotatable bonds is 4. The zero-order valence-corrected chi connectivity index (χ0v) is 14.1. The number of benzene rings is 1. The molecular weight excluding hydrogens is 298 g/mol. The number of pyridine rings is 1. The van der Waals surface area contributed by atoms with Crippen LogP contribution in [0.25, 0.3) is 10.9 Å². The Morgan fingerprint density at radius 3 is 2.86 bits per heavy atom. The zero-order valence-electron chi connectivity index (χ0n) is 13.3. The van der Waals surface area contributed by atoms with Gasteiger partial charge in [0.25, 0.3) is 0 Å². The molecule has 0 aliphatic heterocycles. The highest BCUT2D eigenvalue weighted by molar-refractivity contribution is 7.84. The van der Waals surface area contributed by atoms with E-state index in [1.54, 1.807) is 24.4 Å². The monoisotopic (exact) mass is 319 g/mol. The summed E-state index contributed by atoms with van der Waals surface area (Å²) in [6.45, 7) is 3.86. The van der Waals surface area contributed by atoms with Crippen LogP contribution < -0.4 is 5.32 Å². The highest BCUT2D eigenvalue weighted by atomic mass is 32.2. The third kappa shape index (κ3) is 3.82. The van der Waals surface area contributed by atoms with Crippen LogP contribution in [-0.4, -0.2) is 45.2 Å². The van der Waals surface area contributed by atoms with Gasteiger partial charge in [-0.3, -0.25) is 9.19 Å². The lowest BCUT2D eigenvalue weighted by atomic mass is 10.1. The first-order chi connectivity index (χ1) is 10.4. The Labute approximate surface area is 133 Å². The number of hydrogen-bond acceptors (Lipinski definition) is 3. The van der Waals surface area contributed by atoms with Crippen LogP contribution in [0.5, 0.6) is 0 Å². The minimum atomic E-state index is -0.939. The number of amides is 2. The molecule has 2 rings (SSSR count). The average Bonchev–Trinajstić information content (AvgIpc) is 2.45. The quantitative estimate of drug-likeness (QED) is 0.942. The normalized spacial score (nSPS) is 13.6. The van der Waals surface area contributed by atoms with Crippen molar-refractivity contribution in [2.45, 2.75) is 19.9 Å². The van der Waals surface area contributed by atoms with Gasteiger partial charge in [-0.2, -0.15) is 0 Å². The minimum absolute atomic E-state index is 0.102. The molecule has 22 heavy (non-hydrogen) atoms. The van der Waals surface area contributed by atoms with Gasteiger partial charge in [-0.1, -0.05) is 6.07 Å². The number of urea groups is 1. The van der Waals surface area contributed by atoms with Gasteiger partial charge in [0.1, 0.15) is 0 Å². The molecule has 2 aromatic rings. The lowest BCUT2D eigenvalue weighted by Crippen LogP contribution is -2.41.